The lowest BCUT2D eigenvalue weighted by Crippen LogP contribution is -2.03. The van der Waals surface area contributed by atoms with Crippen molar-refractivity contribution < 1.29 is 4.74 Å². The van der Waals surface area contributed by atoms with Crippen LogP contribution in [0.1, 0.15) is 31.3 Å². The Morgan fingerprint density at radius 1 is 1.28 bits per heavy atom. The molecule has 0 N–H and O–H groups in total. The predicted octanol–water partition coefficient (Wildman–Crippen LogP) is 3.18. The molecular formula is C13H16ClN3O. The molecule has 2 heterocycles. The molecule has 0 saturated carbocycles. The first-order valence-electron chi connectivity index (χ1n) is 5.87. The van der Waals surface area contributed by atoms with Gasteiger partial charge >= 0.3 is 0 Å². The van der Waals surface area contributed by atoms with Gasteiger partial charge in [0.25, 0.3) is 0 Å². The Balaban J connectivity index is 1.93. The average Bonchev–Trinajstić information content (AvgIpc) is 2.86. The van der Waals surface area contributed by atoms with Crippen LogP contribution in [0.5, 0.6) is 5.75 Å². The highest BCUT2D eigenvalue weighted by atomic mass is 35.5. The van der Waals surface area contributed by atoms with E-state index in [0.29, 0.717) is 18.5 Å². The maximum absolute atomic E-state index is 5.67. The number of alkyl halides is 1. The Labute approximate surface area is 112 Å². The molecule has 96 valence electrons. The summed E-state index contributed by atoms with van der Waals surface area (Å²) >= 11 is 5.67. The Bertz CT molecular complexity index is 493. The lowest BCUT2D eigenvalue weighted by atomic mass is 10.4. The molecule has 18 heavy (non-hydrogen) atoms. The number of pyridine rings is 1. The summed E-state index contributed by atoms with van der Waals surface area (Å²) in [7, 11) is 0. The second-order valence-electron chi connectivity index (χ2n) is 4.29. The van der Waals surface area contributed by atoms with Crippen molar-refractivity contribution >= 4 is 11.6 Å². The second-order valence-corrected chi connectivity index (χ2v) is 4.56. The maximum Gasteiger partial charge on any atom is 0.138 e. The van der Waals surface area contributed by atoms with E-state index in [1.54, 1.807) is 6.20 Å². The highest BCUT2D eigenvalue weighted by Crippen LogP contribution is 2.12. The summed E-state index contributed by atoms with van der Waals surface area (Å²) in [5.41, 5.74) is 1.75. The summed E-state index contributed by atoms with van der Waals surface area (Å²) < 4.78 is 7.51. The zero-order chi connectivity index (χ0) is 13.0. The van der Waals surface area contributed by atoms with E-state index < -0.39 is 0 Å². The van der Waals surface area contributed by atoms with Gasteiger partial charge in [-0.15, -0.1) is 11.6 Å². The van der Waals surface area contributed by atoms with Crippen molar-refractivity contribution in [1.82, 2.24) is 14.8 Å². The van der Waals surface area contributed by atoms with Crippen molar-refractivity contribution in [3.05, 3.63) is 42.0 Å². The molecule has 4 nitrogen and oxygen atoms in total. The van der Waals surface area contributed by atoms with Crippen molar-refractivity contribution in [2.75, 3.05) is 0 Å². The Hall–Kier alpha value is -1.55. The van der Waals surface area contributed by atoms with E-state index in [4.69, 9.17) is 16.3 Å². The van der Waals surface area contributed by atoms with E-state index in [9.17, 15) is 0 Å². The lowest BCUT2D eigenvalue weighted by molar-refractivity contribution is 0.297. The number of nitrogens with zero attached hydrogens (tertiary/aromatic N) is 3. The average molecular weight is 266 g/mol. The van der Waals surface area contributed by atoms with Gasteiger partial charge in [0.05, 0.1) is 23.5 Å². The fourth-order valence-corrected chi connectivity index (χ4v) is 1.63. The normalized spacial score (nSPS) is 10.9. The number of hydrogen-bond acceptors (Lipinski definition) is 3. The monoisotopic (exact) mass is 265 g/mol. The van der Waals surface area contributed by atoms with Crippen LogP contribution in [0.25, 0.3) is 0 Å². The third kappa shape index (κ3) is 3.23. The van der Waals surface area contributed by atoms with E-state index in [1.807, 2.05) is 29.1 Å². The van der Waals surface area contributed by atoms with Crippen LogP contribution in [0.4, 0.5) is 0 Å². The van der Waals surface area contributed by atoms with Gasteiger partial charge in [-0.2, -0.15) is 5.10 Å². The molecule has 0 bridgehead atoms. The molecule has 0 amide bonds. The first-order chi connectivity index (χ1) is 8.69. The predicted molar refractivity (Wildman–Crippen MR) is 70.7 cm³/mol. The number of halogens is 1. The van der Waals surface area contributed by atoms with Gasteiger partial charge in [-0.25, -0.2) is 0 Å². The van der Waals surface area contributed by atoms with Gasteiger partial charge < -0.3 is 4.74 Å². The van der Waals surface area contributed by atoms with E-state index in [2.05, 4.69) is 23.9 Å². The molecule has 0 aromatic carbocycles. The van der Waals surface area contributed by atoms with E-state index >= 15 is 0 Å². The van der Waals surface area contributed by atoms with Crippen LogP contribution in [0.3, 0.4) is 0 Å². The van der Waals surface area contributed by atoms with Crippen molar-refractivity contribution in [3.8, 4) is 5.75 Å². The standard InChI is InChI=1S/C13H16ClN3O/c1-10(2)17-6-5-12(16-17)9-18-13-4-3-11(7-14)15-8-13/h3-6,8,10H,7,9H2,1-2H3. The first kappa shape index (κ1) is 12.9. The topological polar surface area (TPSA) is 39.9 Å². The molecule has 0 aliphatic carbocycles. The highest BCUT2D eigenvalue weighted by molar-refractivity contribution is 6.16. The minimum absolute atomic E-state index is 0.364. The largest absolute Gasteiger partial charge is 0.486 e. The molecule has 0 atom stereocenters. The first-order valence-corrected chi connectivity index (χ1v) is 6.40. The molecule has 5 heteroatoms. The van der Waals surface area contributed by atoms with Gasteiger partial charge in [0.1, 0.15) is 12.4 Å². The second kappa shape index (κ2) is 5.87. The van der Waals surface area contributed by atoms with Crippen molar-refractivity contribution in [2.45, 2.75) is 32.4 Å². The summed E-state index contributed by atoms with van der Waals surface area (Å²) in [6, 6.07) is 6.04. The van der Waals surface area contributed by atoms with Crippen LogP contribution in [0.15, 0.2) is 30.6 Å². The Kier molecular flexibility index (Phi) is 4.20. The lowest BCUT2D eigenvalue weighted by Gasteiger charge is -2.05. The summed E-state index contributed by atoms with van der Waals surface area (Å²) in [5, 5.41) is 4.41. The highest BCUT2D eigenvalue weighted by Gasteiger charge is 2.03. The molecule has 0 unspecified atom stereocenters. The van der Waals surface area contributed by atoms with Crippen LogP contribution in [0.2, 0.25) is 0 Å². The molecule has 2 aromatic rings. The van der Waals surface area contributed by atoms with Gasteiger partial charge in [0.15, 0.2) is 0 Å². The molecule has 0 aliphatic rings. The fraction of sp³-hybridized carbons (Fsp3) is 0.385. The fourth-order valence-electron chi connectivity index (χ4n) is 1.47. The number of hydrogen-bond donors (Lipinski definition) is 0. The smallest absolute Gasteiger partial charge is 0.138 e. The minimum atomic E-state index is 0.364. The van der Waals surface area contributed by atoms with E-state index in [-0.39, 0.29) is 0 Å². The molecule has 0 fully saturated rings. The molecule has 2 aromatic heterocycles. The van der Waals surface area contributed by atoms with Crippen molar-refractivity contribution in [1.29, 1.82) is 0 Å². The zero-order valence-corrected chi connectivity index (χ0v) is 11.3. The SMILES string of the molecule is CC(C)n1ccc(COc2ccc(CCl)nc2)n1. The molecule has 0 saturated heterocycles. The zero-order valence-electron chi connectivity index (χ0n) is 10.5. The number of ether oxygens (including phenoxy) is 1. The molecule has 0 aliphatic heterocycles. The van der Waals surface area contributed by atoms with Gasteiger partial charge in [-0.1, -0.05) is 0 Å². The minimum Gasteiger partial charge on any atom is -0.486 e. The van der Waals surface area contributed by atoms with Crippen LogP contribution in [-0.4, -0.2) is 14.8 Å². The molecule has 0 radical (unpaired) electrons. The van der Waals surface area contributed by atoms with E-state index in [0.717, 1.165) is 17.1 Å². The summed E-state index contributed by atoms with van der Waals surface area (Å²) in [4.78, 5) is 4.16. The van der Waals surface area contributed by atoms with Crippen LogP contribution < -0.4 is 4.74 Å². The summed E-state index contributed by atoms with van der Waals surface area (Å²) in [6.07, 6.45) is 3.63. The Morgan fingerprint density at radius 3 is 2.67 bits per heavy atom. The van der Waals surface area contributed by atoms with Gasteiger partial charge in [-0.3, -0.25) is 9.67 Å². The van der Waals surface area contributed by atoms with Gasteiger partial charge in [-0.05, 0) is 32.0 Å². The third-order valence-electron chi connectivity index (χ3n) is 2.51. The van der Waals surface area contributed by atoms with Crippen molar-refractivity contribution in [2.24, 2.45) is 0 Å². The van der Waals surface area contributed by atoms with Crippen molar-refractivity contribution in [3.63, 3.8) is 0 Å². The number of aromatic nitrogens is 3. The maximum atomic E-state index is 5.67. The van der Waals surface area contributed by atoms with E-state index in [1.165, 1.54) is 0 Å². The summed E-state index contributed by atoms with van der Waals surface area (Å²) in [5.74, 6) is 1.14. The molecular weight excluding hydrogens is 250 g/mol. The van der Waals surface area contributed by atoms with Gasteiger partial charge in [0.2, 0.25) is 0 Å². The quantitative estimate of drug-likeness (QED) is 0.780. The van der Waals surface area contributed by atoms with Crippen LogP contribution in [0, 0.1) is 0 Å². The summed E-state index contributed by atoms with van der Waals surface area (Å²) in [6.45, 7) is 4.63. The Morgan fingerprint density at radius 2 is 2.11 bits per heavy atom. The van der Waals surface area contributed by atoms with Crippen LogP contribution >= 0.6 is 11.6 Å². The van der Waals surface area contributed by atoms with Crippen LogP contribution in [-0.2, 0) is 12.5 Å². The number of rotatable bonds is 5. The van der Waals surface area contributed by atoms with Gasteiger partial charge in [0, 0.05) is 12.2 Å². The third-order valence-corrected chi connectivity index (χ3v) is 2.79. The molecule has 2 rings (SSSR count). The molecule has 0 spiro atoms.